The number of nitriles is 1. The third kappa shape index (κ3) is 3.62. The Hall–Kier alpha value is -3.72. The highest BCUT2D eigenvalue weighted by molar-refractivity contribution is 5.89. The number of carbonyl (C=O) groups is 1. The Morgan fingerprint density at radius 2 is 1.93 bits per heavy atom. The van der Waals surface area contributed by atoms with Gasteiger partial charge in [0.05, 0.1) is 19.8 Å². The molecule has 2 aromatic carbocycles. The first kappa shape index (κ1) is 18.1. The molecule has 1 heterocycles. The van der Waals surface area contributed by atoms with E-state index in [1.165, 1.54) is 7.11 Å². The summed E-state index contributed by atoms with van der Waals surface area (Å²) in [5, 5.41) is 9.51. The summed E-state index contributed by atoms with van der Waals surface area (Å²) < 4.78 is 15.7. The average Bonchev–Trinajstić information content (AvgIpc) is 3.03. The van der Waals surface area contributed by atoms with Crippen molar-refractivity contribution in [2.45, 2.75) is 6.42 Å². The van der Waals surface area contributed by atoms with E-state index in [9.17, 15) is 10.1 Å². The minimum absolute atomic E-state index is 0.0801. The smallest absolute Gasteiger partial charge is 0.337 e. The molecule has 3 rings (SSSR count). The fourth-order valence-electron chi connectivity index (χ4n) is 2.85. The summed E-state index contributed by atoms with van der Waals surface area (Å²) in [6.07, 6.45) is 0.428. The summed E-state index contributed by atoms with van der Waals surface area (Å²) in [7, 11) is 2.92. The van der Waals surface area contributed by atoms with Gasteiger partial charge in [-0.3, -0.25) is 0 Å². The fraction of sp³-hybridized carbons (Fsp3) is 0.143. The molecule has 0 radical (unpaired) electrons. The molecule has 0 atom stereocenters. The quantitative estimate of drug-likeness (QED) is 0.694. The van der Waals surface area contributed by atoms with Gasteiger partial charge in [-0.25, -0.2) is 4.79 Å². The number of carbonyl (C=O) groups excluding carboxylic acids is 1. The minimum atomic E-state index is -0.399. The van der Waals surface area contributed by atoms with Crippen molar-refractivity contribution in [1.29, 1.82) is 5.26 Å². The predicted molar refractivity (Wildman–Crippen MR) is 100 cm³/mol. The van der Waals surface area contributed by atoms with E-state index in [0.29, 0.717) is 34.6 Å². The second kappa shape index (κ2) is 7.67. The molecule has 0 saturated heterocycles. The summed E-state index contributed by atoms with van der Waals surface area (Å²) in [5.74, 6) is 0.884. The van der Waals surface area contributed by atoms with E-state index >= 15 is 0 Å². The largest absolute Gasteiger partial charge is 0.497 e. The summed E-state index contributed by atoms with van der Waals surface area (Å²) in [6, 6.07) is 16.5. The zero-order valence-corrected chi connectivity index (χ0v) is 15.0. The summed E-state index contributed by atoms with van der Waals surface area (Å²) in [6.45, 7) is 0. The Morgan fingerprint density at radius 3 is 2.56 bits per heavy atom. The summed E-state index contributed by atoms with van der Waals surface area (Å²) >= 11 is 0. The third-order valence-electron chi connectivity index (χ3n) is 4.23. The van der Waals surface area contributed by atoms with Crippen molar-refractivity contribution in [3.05, 3.63) is 70.8 Å². The number of esters is 1. The van der Waals surface area contributed by atoms with Crippen LogP contribution in [0.25, 0.3) is 11.3 Å². The molecule has 1 aromatic heterocycles. The van der Waals surface area contributed by atoms with E-state index in [2.05, 4.69) is 6.07 Å². The lowest BCUT2D eigenvalue weighted by atomic mass is 9.97. The van der Waals surface area contributed by atoms with Crippen LogP contribution in [0.4, 0.5) is 5.88 Å². The first-order valence-electron chi connectivity index (χ1n) is 8.20. The van der Waals surface area contributed by atoms with Gasteiger partial charge in [-0.2, -0.15) is 5.26 Å². The van der Waals surface area contributed by atoms with Gasteiger partial charge in [0, 0.05) is 17.5 Å². The van der Waals surface area contributed by atoms with Crippen molar-refractivity contribution in [1.82, 2.24) is 0 Å². The first-order valence-corrected chi connectivity index (χ1v) is 8.20. The molecule has 3 aromatic rings. The second-order valence-electron chi connectivity index (χ2n) is 5.86. The van der Waals surface area contributed by atoms with Gasteiger partial charge in [0.25, 0.3) is 0 Å². The summed E-state index contributed by atoms with van der Waals surface area (Å²) in [5.41, 5.74) is 9.05. The SMILES string of the molecule is COC(=O)c1ccc(Cc2c(-c3cccc(OC)c3)oc(N)c2C#N)cc1. The van der Waals surface area contributed by atoms with Crippen LogP contribution in [0.3, 0.4) is 0 Å². The molecule has 6 heteroatoms. The van der Waals surface area contributed by atoms with Crippen LogP contribution in [-0.2, 0) is 11.2 Å². The van der Waals surface area contributed by atoms with Crippen molar-refractivity contribution in [2.24, 2.45) is 0 Å². The Balaban J connectivity index is 2.02. The van der Waals surface area contributed by atoms with E-state index in [-0.39, 0.29) is 5.88 Å². The van der Waals surface area contributed by atoms with Crippen LogP contribution < -0.4 is 10.5 Å². The molecule has 136 valence electrons. The first-order chi connectivity index (χ1) is 13.1. The third-order valence-corrected chi connectivity index (χ3v) is 4.23. The number of methoxy groups -OCH3 is 2. The maximum Gasteiger partial charge on any atom is 0.337 e. The second-order valence-corrected chi connectivity index (χ2v) is 5.86. The van der Waals surface area contributed by atoms with E-state index < -0.39 is 5.97 Å². The van der Waals surface area contributed by atoms with Gasteiger partial charge in [0.2, 0.25) is 5.88 Å². The molecule has 0 spiro atoms. The van der Waals surface area contributed by atoms with Crippen molar-refractivity contribution in [2.75, 3.05) is 20.0 Å². The predicted octanol–water partition coefficient (Wildman–Crippen LogP) is 3.79. The highest BCUT2D eigenvalue weighted by Crippen LogP contribution is 2.35. The molecule has 6 nitrogen and oxygen atoms in total. The number of benzene rings is 2. The standard InChI is InChI=1S/C21H18N2O4/c1-25-16-5-3-4-15(11-16)19-17(18(12-22)20(23)27-19)10-13-6-8-14(9-7-13)21(24)26-2/h3-9,11H,10,23H2,1-2H3. The molecular weight excluding hydrogens is 344 g/mol. The Morgan fingerprint density at radius 1 is 1.19 bits per heavy atom. The lowest BCUT2D eigenvalue weighted by Crippen LogP contribution is -2.01. The number of furan rings is 1. The van der Waals surface area contributed by atoms with Crippen molar-refractivity contribution in [3.63, 3.8) is 0 Å². The topological polar surface area (TPSA) is 98.5 Å². The van der Waals surface area contributed by atoms with Crippen LogP contribution in [-0.4, -0.2) is 20.2 Å². The number of rotatable bonds is 5. The van der Waals surface area contributed by atoms with Crippen LogP contribution in [0.5, 0.6) is 5.75 Å². The average molecular weight is 362 g/mol. The van der Waals surface area contributed by atoms with E-state index in [1.54, 1.807) is 19.2 Å². The number of hydrogen-bond donors (Lipinski definition) is 1. The molecular formula is C21H18N2O4. The monoisotopic (exact) mass is 362 g/mol. The van der Waals surface area contributed by atoms with Gasteiger partial charge in [0.1, 0.15) is 23.1 Å². The maximum atomic E-state index is 11.6. The molecule has 0 saturated carbocycles. The molecule has 0 unspecified atom stereocenters. The number of hydrogen-bond acceptors (Lipinski definition) is 6. The normalized spacial score (nSPS) is 10.3. The van der Waals surface area contributed by atoms with Crippen LogP contribution in [0.2, 0.25) is 0 Å². The van der Waals surface area contributed by atoms with Gasteiger partial charge in [-0.15, -0.1) is 0 Å². The molecule has 2 N–H and O–H groups in total. The highest BCUT2D eigenvalue weighted by Gasteiger charge is 2.20. The lowest BCUT2D eigenvalue weighted by molar-refractivity contribution is 0.0600. The molecule has 27 heavy (non-hydrogen) atoms. The molecule has 0 bridgehead atoms. The molecule has 0 fully saturated rings. The molecule has 0 amide bonds. The van der Waals surface area contributed by atoms with Crippen molar-refractivity contribution >= 4 is 11.9 Å². The lowest BCUT2D eigenvalue weighted by Gasteiger charge is -2.06. The van der Waals surface area contributed by atoms with E-state index in [0.717, 1.165) is 11.1 Å². The Labute approximate surface area is 156 Å². The molecule has 0 aliphatic heterocycles. The van der Waals surface area contributed by atoms with Gasteiger partial charge in [-0.1, -0.05) is 24.3 Å². The number of nitrogen functional groups attached to an aromatic ring is 1. The number of ether oxygens (including phenoxy) is 2. The van der Waals surface area contributed by atoms with Gasteiger partial charge < -0.3 is 19.6 Å². The number of anilines is 1. The summed E-state index contributed by atoms with van der Waals surface area (Å²) in [4.78, 5) is 11.6. The number of nitrogens with zero attached hydrogens (tertiary/aromatic N) is 1. The van der Waals surface area contributed by atoms with Crippen molar-refractivity contribution in [3.8, 4) is 23.1 Å². The Kier molecular flexibility index (Phi) is 5.13. The maximum absolute atomic E-state index is 11.6. The number of nitrogens with two attached hydrogens (primary N) is 1. The van der Waals surface area contributed by atoms with E-state index in [1.807, 2.05) is 36.4 Å². The van der Waals surface area contributed by atoms with Crippen LogP contribution in [0.1, 0.15) is 27.0 Å². The highest BCUT2D eigenvalue weighted by atomic mass is 16.5. The van der Waals surface area contributed by atoms with Crippen LogP contribution in [0.15, 0.2) is 52.9 Å². The zero-order valence-electron chi connectivity index (χ0n) is 15.0. The minimum Gasteiger partial charge on any atom is -0.497 e. The van der Waals surface area contributed by atoms with Gasteiger partial charge >= 0.3 is 5.97 Å². The van der Waals surface area contributed by atoms with Crippen molar-refractivity contribution < 1.29 is 18.7 Å². The van der Waals surface area contributed by atoms with Crippen LogP contribution >= 0.6 is 0 Å². The Bertz CT molecular complexity index is 1010. The zero-order chi connectivity index (χ0) is 19.4. The van der Waals surface area contributed by atoms with E-state index in [4.69, 9.17) is 19.6 Å². The fourth-order valence-corrected chi connectivity index (χ4v) is 2.85. The van der Waals surface area contributed by atoms with Crippen LogP contribution in [0, 0.1) is 11.3 Å². The molecule has 0 aliphatic carbocycles. The molecule has 0 aliphatic rings. The van der Waals surface area contributed by atoms with Gasteiger partial charge in [0.15, 0.2) is 0 Å². The van der Waals surface area contributed by atoms with Gasteiger partial charge in [-0.05, 0) is 29.8 Å².